The molecule has 1 fully saturated rings. The van der Waals surface area contributed by atoms with Crippen molar-refractivity contribution in [3.05, 3.63) is 36.1 Å². The van der Waals surface area contributed by atoms with Gasteiger partial charge >= 0.3 is 0 Å². The first-order valence-corrected chi connectivity index (χ1v) is 7.89. The highest BCUT2D eigenvalue weighted by Crippen LogP contribution is 2.25. The fraction of sp³-hybridized carbons (Fsp3) is 0.500. The number of hydrogen-bond donors (Lipinski definition) is 1. The lowest BCUT2D eigenvalue weighted by atomic mass is 9.92. The molecule has 0 aromatic carbocycles. The maximum absolute atomic E-state index is 12.4. The first-order valence-electron chi connectivity index (χ1n) is 7.89. The summed E-state index contributed by atoms with van der Waals surface area (Å²) in [6.45, 7) is 3.18. The van der Waals surface area contributed by atoms with Crippen molar-refractivity contribution in [2.24, 2.45) is 0 Å². The number of rotatable bonds is 4. The van der Waals surface area contributed by atoms with E-state index in [-0.39, 0.29) is 18.2 Å². The van der Waals surface area contributed by atoms with Crippen molar-refractivity contribution in [1.82, 2.24) is 20.0 Å². The van der Waals surface area contributed by atoms with Crippen molar-refractivity contribution in [1.29, 1.82) is 0 Å². The highest BCUT2D eigenvalue weighted by atomic mass is 16.5. The summed E-state index contributed by atoms with van der Waals surface area (Å²) in [6.07, 6.45) is 6.36. The van der Waals surface area contributed by atoms with E-state index in [1.807, 2.05) is 4.90 Å². The first-order chi connectivity index (χ1) is 11.5. The van der Waals surface area contributed by atoms with E-state index in [1.54, 1.807) is 38.6 Å². The van der Waals surface area contributed by atoms with Crippen LogP contribution in [-0.4, -0.2) is 63.3 Å². The number of aromatic nitrogens is 3. The van der Waals surface area contributed by atoms with Crippen LogP contribution < -0.4 is 4.90 Å². The van der Waals surface area contributed by atoms with Gasteiger partial charge in [0.1, 0.15) is 5.82 Å². The Labute approximate surface area is 140 Å². The first kappa shape index (κ1) is 16.4. The molecule has 0 aliphatic carbocycles. The molecule has 1 N–H and O–H groups in total. The number of piperidine rings is 1. The Balaban J connectivity index is 1.67. The van der Waals surface area contributed by atoms with Crippen LogP contribution in [0.2, 0.25) is 0 Å². The Kier molecular flexibility index (Phi) is 4.48. The molecule has 0 spiro atoms. The van der Waals surface area contributed by atoms with Crippen molar-refractivity contribution in [2.75, 3.05) is 31.6 Å². The van der Waals surface area contributed by atoms with Gasteiger partial charge in [0.2, 0.25) is 5.76 Å². The molecule has 3 rings (SSSR count). The lowest BCUT2D eigenvalue weighted by Crippen LogP contribution is -2.54. The summed E-state index contributed by atoms with van der Waals surface area (Å²) < 4.78 is 5.01. The molecule has 1 amide bonds. The molecule has 24 heavy (non-hydrogen) atoms. The molecule has 1 aliphatic rings. The van der Waals surface area contributed by atoms with Gasteiger partial charge in [0.15, 0.2) is 0 Å². The number of aliphatic hydroxyl groups is 1. The van der Waals surface area contributed by atoms with Crippen LogP contribution in [0.4, 0.5) is 5.82 Å². The van der Waals surface area contributed by atoms with Gasteiger partial charge in [-0.05, 0) is 19.8 Å². The predicted octanol–water partition coefficient (Wildman–Crippen LogP) is 0.877. The molecular formula is C16H21N5O3. The minimum atomic E-state index is -1.00. The van der Waals surface area contributed by atoms with Crippen molar-refractivity contribution >= 4 is 11.7 Å². The third-order valence-electron chi connectivity index (χ3n) is 4.15. The lowest BCUT2D eigenvalue weighted by Gasteiger charge is -2.41. The molecule has 0 bridgehead atoms. The van der Waals surface area contributed by atoms with Crippen molar-refractivity contribution < 1.29 is 14.4 Å². The van der Waals surface area contributed by atoms with Crippen molar-refractivity contribution in [3.8, 4) is 0 Å². The van der Waals surface area contributed by atoms with Gasteiger partial charge in [0.25, 0.3) is 5.91 Å². The number of likely N-dealkylation sites (N-methyl/N-ethyl adjacent to an activating group) is 1. The minimum absolute atomic E-state index is 0.181. The molecule has 1 saturated heterocycles. The Morgan fingerprint density at radius 2 is 2.33 bits per heavy atom. The summed E-state index contributed by atoms with van der Waals surface area (Å²) in [4.78, 5) is 24.2. The number of carbonyl (C=O) groups is 1. The van der Waals surface area contributed by atoms with Crippen LogP contribution in [0.3, 0.4) is 0 Å². The summed E-state index contributed by atoms with van der Waals surface area (Å²) in [7, 11) is 1.65. The second-order valence-electron chi connectivity index (χ2n) is 6.31. The van der Waals surface area contributed by atoms with Crippen LogP contribution in [0.5, 0.6) is 0 Å². The number of β-amino-alcohol motifs (C(OH)–C–C–N with tert-alkyl or cyclic N) is 1. The van der Waals surface area contributed by atoms with Crippen LogP contribution in [0.15, 0.2) is 29.2 Å². The summed E-state index contributed by atoms with van der Waals surface area (Å²) in [6, 6.07) is 1.59. The van der Waals surface area contributed by atoms with Gasteiger partial charge < -0.3 is 19.4 Å². The molecule has 8 nitrogen and oxygen atoms in total. The average Bonchev–Trinajstić information content (AvgIpc) is 3.01. The Morgan fingerprint density at radius 3 is 3.00 bits per heavy atom. The molecule has 128 valence electrons. The van der Waals surface area contributed by atoms with Gasteiger partial charge in [-0.2, -0.15) is 0 Å². The molecule has 0 radical (unpaired) electrons. The maximum Gasteiger partial charge on any atom is 0.292 e. The van der Waals surface area contributed by atoms with E-state index in [9.17, 15) is 9.90 Å². The van der Waals surface area contributed by atoms with Gasteiger partial charge in [-0.15, -0.1) is 0 Å². The molecule has 2 aromatic rings. The van der Waals surface area contributed by atoms with E-state index in [0.29, 0.717) is 18.7 Å². The number of anilines is 1. The van der Waals surface area contributed by atoms with E-state index in [2.05, 4.69) is 15.1 Å². The normalized spacial score (nSPS) is 20.9. The quantitative estimate of drug-likeness (QED) is 0.888. The summed E-state index contributed by atoms with van der Waals surface area (Å²) in [5.41, 5.74) is -0.355. The fourth-order valence-electron chi connectivity index (χ4n) is 3.06. The zero-order chi connectivity index (χ0) is 17.2. The third-order valence-corrected chi connectivity index (χ3v) is 4.15. The smallest absolute Gasteiger partial charge is 0.292 e. The molecule has 1 atom stereocenters. The van der Waals surface area contributed by atoms with Crippen LogP contribution in [0.1, 0.15) is 29.1 Å². The predicted molar refractivity (Wildman–Crippen MR) is 86.6 cm³/mol. The van der Waals surface area contributed by atoms with Crippen LogP contribution in [-0.2, 0) is 0 Å². The molecule has 1 aliphatic heterocycles. The second kappa shape index (κ2) is 6.56. The Morgan fingerprint density at radius 1 is 1.50 bits per heavy atom. The van der Waals surface area contributed by atoms with Gasteiger partial charge in [0.05, 0.1) is 24.0 Å². The zero-order valence-corrected chi connectivity index (χ0v) is 13.8. The van der Waals surface area contributed by atoms with Crippen molar-refractivity contribution in [3.63, 3.8) is 0 Å². The van der Waals surface area contributed by atoms with Gasteiger partial charge in [0, 0.05) is 38.6 Å². The molecule has 2 aromatic heterocycles. The molecule has 3 heterocycles. The van der Waals surface area contributed by atoms with E-state index in [4.69, 9.17) is 4.52 Å². The van der Waals surface area contributed by atoms with E-state index in [0.717, 1.165) is 18.8 Å². The Bertz CT molecular complexity index is 705. The zero-order valence-electron chi connectivity index (χ0n) is 13.8. The number of aryl methyl sites for hydroxylation is 1. The fourth-order valence-corrected chi connectivity index (χ4v) is 3.06. The lowest BCUT2D eigenvalue weighted by molar-refractivity contribution is -0.00107. The summed E-state index contributed by atoms with van der Waals surface area (Å²) >= 11 is 0. The highest BCUT2D eigenvalue weighted by molar-refractivity contribution is 5.91. The average molecular weight is 331 g/mol. The highest BCUT2D eigenvalue weighted by Gasteiger charge is 2.36. The van der Waals surface area contributed by atoms with Crippen LogP contribution in [0.25, 0.3) is 0 Å². The molecular weight excluding hydrogens is 310 g/mol. The number of hydrogen-bond acceptors (Lipinski definition) is 7. The van der Waals surface area contributed by atoms with E-state index >= 15 is 0 Å². The SMILES string of the molecule is Cc1cc(C(=O)N(C)C[C@@]2(O)CCCN(c3cnccn3)C2)on1. The van der Waals surface area contributed by atoms with E-state index < -0.39 is 5.60 Å². The summed E-state index contributed by atoms with van der Waals surface area (Å²) in [5.74, 6) is 0.622. The molecule has 8 heteroatoms. The molecule has 0 unspecified atom stereocenters. The summed E-state index contributed by atoms with van der Waals surface area (Å²) in [5, 5.41) is 14.7. The van der Waals surface area contributed by atoms with E-state index in [1.165, 1.54) is 4.90 Å². The van der Waals surface area contributed by atoms with Crippen LogP contribution >= 0.6 is 0 Å². The largest absolute Gasteiger partial charge is 0.386 e. The second-order valence-corrected chi connectivity index (χ2v) is 6.31. The van der Waals surface area contributed by atoms with Crippen LogP contribution in [0, 0.1) is 6.92 Å². The Hall–Kier alpha value is -2.48. The molecule has 0 saturated carbocycles. The van der Waals surface area contributed by atoms with Gasteiger partial charge in [-0.1, -0.05) is 5.16 Å². The third kappa shape index (κ3) is 3.53. The standard InChI is InChI=1S/C16H21N5O3/c1-12-8-13(24-19-12)15(22)20(2)10-16(23)4-3-7-21(11-16)14-9-17-5-6-18-14/h5-6,8-9,23H,3-4,7,10-11H2,1-2H3/t16-/m0/s1. The number of nitrogens with zero attached hydrogens (tertiary/aromatic N) is 5. The monoisotopic (exact) mass is 331 g/mol. The topological polar surface area (TPSA) is 95.6 Å². The van der Waals surface area contributed by atoms with Gasteiger partial charge in [-0.25, -0.2) is 4.98 Å². The maximum atomic E-state index is 12.4. The van der Waals surface area contributed by atoms with Gasteiger partial charge in [-0.3, -0.25) is 9.78 Å². The minimum Gasteiger partial charge on any atom is -0.386 e. The number of amides is 1. The number of carbonyl (C=O) groups excluding carboxylic acids is 1. The van der Waals surface area contributed by atoms with Crippen molar-refractivity contribution in [2.45, 2.75) is 25.4 Å².